The molecule has 4 nitrogen and oxygen atoms in total. The average Bonchev–Trinajstić information content (AvgIpc) is 2.90. The lowest BCUT2D eigenvalue weighted by atomic mass is 10.1. The van der Waals surface area contributed by atoms with Gasteiger partial charge in [0.1, 0.15) is 4.49 Å². The number of carbonyl (C=O) groups is 1. The largest absolute Gasteiger partial charge is 0.334 e. The topological polar surface area (TPSA) is 54.5 Å². The fourth-order valence-corrected chi connectivity index (χ4v) is 6.19. The molecule has 1 saturated carbocycles. The standard InChI is InChI=1S/C19H22Cl3NO3S/c1-19(2)14(9-16(21)22)17(19)18(24)23(13-7-8-27(25,26)11-13)10-12-5-3-4-6-15(12)20/h3-6,9,13-14,17H,7-8,10-11H2,1-2H3/t13-,14+,17+/m0/s1. The van der Waals surface area contributed by atoms with Crippen LogP contribution in [0.2, 0.25) is 5.02 Å². The minimum atomic E-state index is -3.12. The highest BCUT2D eigenvalue weighted by Crippen LogP contribution is 2.60. The van der Waals surface area contributed by atoms with Crippen molar-refractivity contribution in [3.63, 3.8) is 0 Å². The smallest absolute Gasteiger partial charge is 0.227 e. The molecule has 0 spiro atoms. The molecule has 1 saturated heterocycles. The Hall–Kier alpha value is -0.750. The van der Waals surface area contributed by atoms with E-state index in [9.17, 15) is 13.2 Å². The Morgan fingerprint density at radius 3 is 2.52 bits per heavy atom. The van der Waals surface area contributed by atoms with Crippen molar-refractivity contribution in [3.8, 4) is 0 Å². The molecule has 148 valence electrons. The van der Waals surface area contributed by atoms with Crippen LogP contribution in [0.3, 0.4) is 0 Å². The minimum Gasteiger partial charge on any atom is -0.334 e. The van der Waals surface area contributed by atoms with Crippen LogP contribution < -0.4 is 0 Å². The maximum atomic E-state index is 13.4. The van der Waals surface area contributed by atoms with Crippen molar-refractivity contribution in [2.24, 2.45) is 17.3 Å². The van der Waals surface area contributed by atoms with Gasteiger partial charge in [0.25, 0.3) is 0 Å². The predicted molar refractivity (Wildman–Crippen MR) is 110 cm³/mol. The number of hydrogen-bond donors (Lipinski definition) is 0. The summed E-state index contributed by atoms with van der Waals surface area (Å²) in [6.07, 6.45) is 2.15. The molecule has 0 aromatic heterocycles. The lowest BCUT2D eigenvalue weighted by Crippen LogP contribution is -2.42. The van der Waals surface area contributed by atoms with E-state index in [2.05, 4.69) is 0 Å². The first-order valence-electron chi connectivity index (χ1n) is 8.80. The van der Waals surface area contributed by atoms with Crippen LogP contribution in [0.25, 0.3) is 0 Å². The molecule has 2 aliphatic rings. The summed E-state index contributed by atoms with van der Waals surface area (Å²) in [6, 6.07) is 6.97. The van der Waals surface area contributed by atoms with Gasteiger partial charge < -0.3 is 4.90 Å². The number of halogens is 3. The monoisotopic (exact) mass is 449 g/mol. The van der Waals surface area contributed by atoms with Gasteiger partial charge in [-0.25, -0.2) is 8.42 Å². The summed E-state index contributed by atoms with van der Waals surface area (Å²) in [5, 5.41) is 0.562. The van der Waals surface area contributed by atoms with Gasteiger partial charge in [-0.05, 0) is 35.5 Å². The normalized spacial score (nSPS) is 27.8. The van der Waals surface area contributed by atoms with Crippen molar-refractivity contribution < 1.29 is 13.2 Å². The van der Waals surface area contributed by atoms with Gasteiger partial charge in [-0.3, -0.25) is 4.79 Å². The first kappa shape index (κ1) is 21.0. The van der Waals surface area contributed by atoms with Gasteiger partial charge in [-0.15, -0.1) is 0 Å². The summed E-state index contributed by atoms with van der Waals surface area (Å²) < 4.78 is 24.1. The second kappa shape index (κ2) is 7.58. The Balaban J connectivity index is 1.89. The SMILES string of the molecule is CC1(C)[C@H](C=C(Cl)Cl)[C@@H]1C(=O)N(Cc1ccccc1Cl)[C@H]1CCS(=O)(=O)C1. The Bertz CT molecular complexity index is 878. The van der Waals surface area contributed by atoms with Crippen LogP contribution in [0.1, 0.15) is 25.8 Å². The highest BCUT2D eigenvalue weighted by Gasteiger charge is 2.62. The average molecular weight is 451 g/mol. The summed E-state index contributed by atoms with van der Waals surface area (Å²) in [7, 11) is -3.12. The van der Waals surface area contributed by atoms with Gasteiger partial charge in [-0.2, -0.15) is 0 Å². The lowest BCUT2D eigenvalue weighted by Gasteiger charge is -2.29. The van der Waals surface area contributed by atoms with E-state index in [0.29, 0.717) is 11.4 Å². The lowest BCUT2D eigenvalue weighted by molar-refractivity contribution is -0.136. The van der Waals surface area contributed by atoms with Crippen molar-refractivity contribution in [3.05, 3.63) is 45.4 Å². The number of allylic oxidation sites excluding steroid dienone is 1. The van der Waals surface area contributed by atoms with Crippen LogP contribution in [0.15, 0.2) is 34.8 Å². The maximum Gasteiger partial charge on any atom is 0.227 e. The first-order valence-corrected chi connectivity index (χ1v) is 11.8. The molecule has 1 aromatic carbocycles. The van der Waals surface area contributed by atoms with E-state index in [-0.39, 0.29) is 51.7 Å². The second-order valence-corrected chi connectivity index (χ2v) is 11.5. The van der Waals surface area contributed by atoms with Crippen molar-refractivity contribution in [2.45, 2.75) is 32.9 Å². The number of benzene rings is 1. The van der Waals surface area contributed by atoms with E-state index in [1.807, 2.05) is 32.0 Å². The van der Waals surface area contributed by atoms with E-state index in [1.54, 1.807) is 17.0 Å². The van der Waals surface area contributed by atoms with Gasteiger partial charge in [-0.1, -0.05) is 66.8 Å². The quantitative estimate of drug-likeness (QED) is 0.666. The zero-order valence-corrected chi connectivity index (χ0v) is 18.2. The molecule has 3 rings (SSSR count). The van der Waals surface area contributed by atoms with Crippen LogP contribution >= 0.6 is 34.8 Å². The highest BCUT2D eigenvalue weighted by molar-refractivity contribution is 7.91. The third kappa shape index (κ3) is 4.47. The van der Waals surface area contributed by atoms with Crippen molar-refractivity contribution in [1.29, 1.82) is 0 Å². The number of amides is 1. The van der Waals surface area contributed by atoms with Crippen molar-refractivity contribution in [2.75, 3.05) is 11.5 Å². The van der Waals surface area contributed by atoms with Crippen LogP contribution in [0.5, 0.6) is 0 Å². The molecule has 2 fully saturated rings. The third-order valence-electron chi connectivity index (χ3n) is 5.71. The van der Waals surface area contributed by atoms with E-state index >= 15 is 0 Å². The zero-order valence-electron chi connectivity index (χ0n) is 15.2. The number of carbonyl (C=O) groups excluding carboxylic acids is 1. The molecule has 3 atom stereocenters. The minimum absolute atomic E-state index is 0.00684. The Morgan fingerprint density at radius 2 is 1.96 bits per heavy atom. The van der Waals surface area contributed by atoms with Crippen LogP contribution in [-0.4, -0.2) is 36.8 Å². The van der Waals surface area contributed by atoms with Crippen molar-refractivity contribution in [1.82, 2.24) is 4.90 Å². The molecule has 0 bridgehead atoms. The summed E-state index contributed by atoms with van der Waals surface area (Å²) in [6.45, 7) is 4.27. The fraction of sp³-hybridized carbons (Fsp3) is 0.526. The van der Waals surface area contributed by atoms with Gasteiger partial charge in [0, 0.05) is 17.6 Å². The molecule has 1 aliphatic carbocycles. The molecule has 1 aromatic rings. The van der Waals surface area contributed by atoms with Crippen LogP contribution in [0, 0.1) is 17.3 Å². The molecule has 0 N–H and O–H groups in total. The molecule has 1 aliphatic heterocycles. The van der Waals surface area contributed by atoms with E-state index < -0.39 is 9.84 Å². The van der Waals surface area contributed by atoms with Crippen LogP contribution in [-0.2, 0) is 21.2 Å². The second-order valence-electron chi connectivity index (χ2n) is 7.90. The fourth-order valence-electron chi connectivity index (χ4n) is 3.99. The Kier molecular flexibility index (Phi) is 5.89. The van der Waals surface area contributed by atoms with Crippen molar-refractivity contribution >= 4 is 50.5 Å². The molecule has 27 heavy (non-hydrogen) atoms. The molecule has 1 heterocycles. The summed E-state index contributed by atoms with van der Waals surface area (Å²) >= 11 is 17.9. The number of sulfone groups is 1. The van der Waals surface area contributed by atoms with Crippen LogP contribution in [0.4, 0.5) is 0 Å². The Morgan fingerprint density at radius 1 is 1.30 bits per heavy atom. The summed E-state index contributed by atoms with van der Waals surface area (Å²) in [5.41, 5.74) is 0.528. The first-order chi connectivity index (χ1) is 12.5. The number of hydrogen-bond acceptors (Lipinski definition) is 3. The zero-order chi connectivity index (χ0) is 20.0. The summed E-state index contributed by atoms with van der Waals surface area (Å²) in [5.74, 6) is -0.322. The van der Waals surface area contributed by atoms with Gasteiger partial charge in [0.05, 0.1) is 17.4 Å². The maximum absolute atomic E-state index is 13.4. The third-order valence-corrected chi connectivity index (χ3v) is 8.08. The molecular weight excluding hydrogens is 429 g/mol. The predicted octanol–water partition coefficient (Wildman–Crippen LogP) is 4.45. The number of nitrogens with zero attached hydrogens (tertiary/aromatic N) is 1. The van der Waals surface area contributed by atoms with Gasteiger partial charge in [0.15, 0.2) is 9.84 Å². The van der Waals surface area contributed by atoms with Gasteiger partial charge in [0.2, 0.25) is 5.91 Å². The number of rotatable bonds is 5. The van der Waals surface area contributed by atoms with E-state index in [0.717, 1.165) is 5.56 Å². The van der Waals surface area contributed by atoms with E-state index in [4.69, 9.17) is 34.8 Å². The highest BCUT2D eigenvalue weighted by atomic mass is 35.5. The molecule has 0 unspecified atom stereocenters. The molecule has 8 heteroatoms. The van der Waals surface area contributed by atoms with E-state index in [1.165, 1.54) is 0 Å². The molecular formula is C19H22Cl3NO3S. The molecule has 1 amide bonds. The van der Waals surface area contributed by atoms with Gasteiger partial charge >= 0.3 is 0 Å². The Labute approximate surface area is 175 Å². The summed E-state index contributed by atoms with van der Waals surface area (Å²) in [4.78, 5) is 15.1. The molecule has 0 radical (unpaired) electrons.